The summed E-state index contributed by atoms with van der Waals surface area (Å²) in [4.78, 5) is 20.2. The zero-order chi connectivity index (χ0) is 10.7. The van der Waals surface area contributed by atoms with Gasteiger partial charge in [0.25, 0.3) is 0 Å². The Morgan fingerprint density at radius 2 is 1.93 bits per heavy atom. The maximum Gasteiger partial charge on any atom is 0.527 e. The third kappa shape index (κ3) is 1.53. The molecule has 1 aromatic rings. The van der Waals surface area contributed by atoms with Crippen molar-refractivity contribution in [3.63, 3.8) is 0 Å². The number of carbonyl (C=O) groups is 1. The van der Waals surface area contributed by atoms with E-state index in [9.17, 15) is 4.79 Å². The molecule has 0 aromatic heterocycles. The van der Waals surface area contributed by atoms with Gasteiger partial charge in [-0.25, -0.2) is 9.53 Å². The number of aryl methyl sites for hydroxylation is 1. The van der Waals surface area contributed by atoms with Crippen LogP contribution in [-0.2, 0) is 4.74 Å². The molecule has 1 heterocycles. The molecule has 0 bridgehead atoms. The number of hydrogen-bond donors (Lipinski definition) is 0. The number of fused-ring (bicyclic) bond motifs is 1. The lowest BCUT2D eigenvalue weighted by molar-refractivity contribution is 0.0724. The molecule has 1 aromatic carbocycles. The highest BCUT2D eigenvalue weighted by Crippen LogP contribution is 2.21. The first-order chi connectivity index (χ1) is 6.70. The molecule has 0 amide bonds. The van der Waals surface area contributed by atoms with E-state index in [-0.39, 0.29) is 5.97 Å². The monoisotopic (exact) mass is 193 g/mol. The number of carbonyl (C=O) groups excluding carboxylic acids is 2. The number of cyclic esters (lactones) is 2. The molecule has 1 aliphatic heterocycles. The van der Waals surface area contributed by atoms with Crippen molar-refractivity contribution in [2.75, 3.05) is 0 Å². The second-order valence-corrected chi connectivity index (χ2v) is 2.69. The molecule has 0 aliphatic carbocycles. The molecule has 0 fully saturated rings. The summed E-state index contributed by atoms with van der Waals surface area (Å²) in [6.07, 6.45) is 0. The van der Waals surface area contributed by atoms with Crippen LogP contribution in [0.15, 0.2) is 18.2 Å². The highest BCUT2D eigenvalue weighted by Gasteiger charge is 2.39. The second kappa shape index (κ2) is 4.05. The molecular formula is C11H13O3+. The van der Waals surface area contributed by atoms with Crippen molar-refractivity contribution in [2.45, 2.75) is 20.8 Å². The Labute approximate surface area is 82.7 Å². The zero-order valence-electron chi connectivity index (χ0n) is 8.50. The number of esters is 2. The van der Waals surface area contributed by atoms with E-state index < -0.39 is 5.97 Å². The predicted molar refractivity (Wildman–Crippen MR) is 54.0 cm³/mol. The second-order valence-electron chi connectivity index (χ2n) is 2.69. The quantitative estimate of drug-likeness (QED) is 0.359. The standard InChI is InChI=1S/C9H6O3.C2H6/c1-5-3-2-4-6-7(5)9(11)12-8(6)10;1-2/h2-4H,1H3;1-2H3/p+1. The third-order valence-corrected chi connectivity index (χ3v) is 1.90. The number of ether oxygens (including phenoxy) is 1. The summed E-state index contributed by atoms with van der Waals surface area (Å²) in [6, 6.07) is 5.23. The lowest BCUT2D eigenvalue weighted by Gasteiger charge is -1.91. The van der Waals surface area contributed by atoms with Gasteiger partial charge in [0.2, 0.25) is 0 Å². The van der Waals surface area contributed by atoms with Gasteiger partial charge in [0.15, 0.2) is 0 Å². The summed E-state index contributed by atoms with van der Waals surface area (Å²) in [5.74, 6) is -0.765. The highest BCUT2D eigenvalue weighted by atomic mass is 16.6. The van der Waals surface area contributed by atoms with Gasteiger partial charge in [-0.3, -0.25) is 0 Å². The van der Waals surface area contributed by atoms with Gasteiger partial charge in [-0.15, -0.1) is 0 Å². The minimum atomic E-state index is -0.472. The maximum atomic E-state index is 11.1. The summed E-state index contributed by atoms with van der Waals surface area (Å²) in [7, 11) is 0. The van der Waals surface area contributed by atoms with E-state index in [4.69, 9.17) is 4.79 Å². The Bertz CT molecular complexity index is 380. The molecule has 1 N–H and O–H groups in total. The molecule has 0 unspecified atom stereocenters. The maximum absolute atomic E-state index is 11.1. The van der Waals surface area contributed by atoms with Crippen molar-refractivity contribution in [3.05, 3.63) is 34.9 Å². The van der Waals surface area contributed by atoms with Crippen LogP contribution in [0.1, 0.15) is 35.3 Å². The van der Waals surface area contributed by atoms with Crippen LogP contribution in [0.2, 0.25) is 0 Å². The van der Waals surface area contributed by atoms with E-state index in [1.54, 1.807) is 25.1 Å². The first-order valence-electron chi connectivity index (χ1n) is 4.58. The molecule has 3 nitrogen and oxygen atoms in total. The Morgan fingerprint density at radius 1 is 1.29 bits per heavy atom. The number of benzene rings is 1. The molecule has 2 rings (SSSR count). The van der Waals surface area contributed by atoms with E-state index in [0.717, 1.165) is 5.56 Å². The molecule has 14 heavy (non-hydrogen) atoms. The summed E-state index contributed by atoms with van der Waals surface area (Å²) < 4.78 is 4.55. The largest absolute Gasteiger partial charge is 0.527 e. The van der Waals surface area contributed by atoms with Crippen LogP contribution in [-0.4, -0.2) is 16.7 Å². The summed E-state index contributed by atoms with van der Waals surface area (Å²) in [6.45, 7) is 5.80. The lowest BCUT2D eigenvalue weighted by atomic mass is 10.0. The minimum absolute atomic E-state index is 0.293. The molecule has 0 radical (unpaired) electrons. The zero-order valence-corrected chi connectivity index (χ0v) is 8.50. The lowest BCUT2D eigenvalue weighted by Crippen LogP contribution is -1.98. The Morgan fingerprint density at radius 3 is 2.50 bits per heavy atom. The minimum Gasteiger partial charge on any atom is -0.335 e. The topological polar surface area (TPSA) is 47.7 Å². The summed E-state index contributed by atoms with van der Waals surface area (Å²) in [5, 5.41) is 0. The average Bonchev–Trinajstić information content (AvgIpc) is 2.47. The molecular weight excluding hydrogens is 180 g/mol. The molecule has 0 atom stereocenters. The molecule has 1 aliphatic rings. The van der Waals surface area contributed by atoms with Gasteiger partial charge in [0.05, 0.1) is 0 Å². The molecule has 0 saturated heterocycles. The van der Waals surface area contributed by atoms with Crippen LogP contribution in [0, 0.1) is 6.92 Å². The van der Waals surface area contributed by atoms with Crippen LogP contribution in [0.5, 0.6) is 0 Å². The van der Waals surface area contributed by atoms with Gasteiger partial charge >= 0.3 is 11.9 Å². The van der Waals surface area contributed by atoms with Crippen molar-refractivity contribution in [1.82, 2.24) is 0 Å². The fourth-order valence-corrected chi connectivity index (χ4v) is 1.31. The van der Waals surface area contributed by atoms with Crippen LogP contribution >= 0.6 is 0 Å². The third-order valence-electron chi connectivity index (χ3n) is 1.90. The van der Waals surface area contributed by atoms with Crippen LogP contribution in [0.25, 0.3) is 0 Å². The Balaban J connectivity index is 0.000000461. The van der Waals surface area contributed by atoms with Gasteiger partial charge in [-0.1, -0.05) is 26.0 Å². The fourth-order valence-electron chi connectivity index (χ4n) is 1.31. The summed E-state index contributed by atoms with van der Waals surface area (Å²) in [5.41, 5.74) is 1.77. The average molecular weight is 193 g/mol. The van der Waals surface area contributed by atoms with Crippen molar-refractivity contribution in [1.29, 1.82) is 0 Å². The van der Waals surface area contributed by atoms with Crippen LogP contribution in [0.3, 0.4) is 0 Å². The SMILES string of the molecule is CC.Cc1cccc2c1C(=O)OC2=[OH+]. The molecule has 0 spiro atoms. The number of hydrogen-bond acceptors (Lipinski definition) is 2. The van der Waals surface area contributed by atoms with Crippen LogP contribution in [0.4, 0.5) is 0 Å². The smallest absolute Gasteiger partial charge is 0.335 e. The van der Waals surface area contributed by atoms with E-state index in [0.29, 0.717) is 11.1 Å². The van der Waals surface area contributed by atoms with Crippen molar-refractivity contribution in [3.8, 4) is 0 Å². The fraction of sp³-hybridized carbons (Fsp3) is 0.273. The van der Waals surface area contributed by atoms with E-state index in [1.807, 2.05) is 13.8 Å². The Hall–Kier alpha value is -1.64. The first-order valence-corrected chi connectivity index (χ1v) is 4.58. The van der Waals surface area contributed by atoms with Crippen LogP contribution < -0.4 is 0 Å². The number of rotatable bonds is 0. The predicted octanol–water partition coefficient (Wildman–Crippen LogP) is 2.04. The van der Waals surface area contributed by atoms with Crippen molar-refractivity contribution in [2.24, 2.45) is 0 Å². The highest BCUT2D eigenvalue weighted by molar-refractivity contribution is 6.15. The van der Waals surface area contributed by atoms with Gasteiger partial charge in [0, 0.05) is 0 Å². The van der Waals surface area contributed by atoms with Gasteiger partial charge in [-0.05, 0) is 18.6 Å². The van der Waals surface area contributed by atoms with Crippen molar-refractivity contribution >= 4 is 11.9 Å². The van der Waals surface area contributed by atoms with Crippen molar-refractivity contribution < 1.29 is 14.3 Å². The first kappa shape index (κ1) is 10.4. The van der Waals surface area contributed by atoms with Gasteiger partial charge in [-0.2, -0.15) is 0 Å². The Kier molecular flexibility index (Phi) is 3.02. The van der Waals surface area contributed by atoms with E-state index in [1.165, 1.54) is 0 Å². The van der Waals surface area contributed by atoms with Gasteiger partial charge < -0.3 is 4.79 Å². The van der Waals surface area contributed by atoms with E-state index in [2.05, 4.69) is 4.74 Å². The van der Waals surface area contributed by atoms with Gasteiger partial charge in [0.1, 0.15) is 11.1 Å². The molecule has 74 valence electrons. The molecule has 0 saturated carbocycles. The normalized spacial score (nSPS) is 12.8. The van der Waals surface area contributed by atoms with E-state index >= 15 is 0 Å². The summed E-state index contributed by atoms with van der Waals surface area (Å²) >= 11 is 0. The molecule has 3 heteroatoms.